The van der Waals surface area contributed by atoms with Crippen LogP contribution in [0.15, 0.2) is 24.3 Å². The molecule has 0 bridgehead atoms. The predicted molar refractivity (Wildman–Crippen MR) is 115 cm³/mol. The molecule has 1 heterocycles. The van der Waals surface area contributed by atoms with Gasteiger partial charge in [-0.1, -0.05) is 13.8 Å². The van der Waals surface area contributed by atoms with Gasteiger partial charge in [0.05, 0.1) is 13.7 Å². The van der Waals surface area contributed by atoms with Gasteiger partial charge in [-0.05, 0) is 43.5 Å². The zero-order chi connectivity index (χ0) is 22.1. The standard InChI is InChI=1S/C22H34N4O4/c1-5-23-19(27)15-25-11-6-12-26(14-13-25)22(29)20(16(2)3)24-21(28)17-7-9-18(30-4)10-8-17/h7-10,16,20H,5-6,11-15H2,1-4H3,(H,23,27)(H,24,28). The summed E-state index contributed by atoms with van der Waals surface area (Å²) in [6.45, 7) is 9.27. The van der Waals surface area contributed by atoms with Crippen LogP contribution < -0.4 is 15.4 Å². The molecule has 1 aromatic rings. The first kappa shape index (κ1) is 23.7. The number of methoxy groups -OCH3 is 1. The fourth-order valence-corrected chi connectivity index (χ4v) is 3.48. The van der Waals surface area contributed by atoms with Crippen molar-refractivity contribution in [1.82, 2.24) is 20.4 Å². The molecular formula is C22H34N4O4. The van der Waals surface area contributed by atoms with Crippen LogP contribution >= 0.6 is 0 Å². The van der Waals surface area contributed by atoms with E-state index in [1.165, 1.54) is 0 Å². The molecule has 1 aromatic carbocycles. The predicted octanol–water partition coefficient (Wildman–Crippen LogP) is 1.12. The smallest absolute Gasteiger partial charge is 0.251 e. The van der Waals surface area contributed by atoms with E-state index in [9.17, 15) is 14.4 Å². The summed E-state index contributed by atoms with van der Waals surface area (Å²) < 4.78 is 5.12. The van der Waals surface area contributed by atoms with Gasteiger partial charge in [-0.15, -0.1) is 0 Å². The maximum absolute atomic E-state index is 13.2. The van der Waals surface area contributed by atoms with E-state index in [0.717, 1.165) is 13.0 Å². The number of hydrogen-bond acceptors (Lipinski definition) is 5. The lowest BCUT2D eigenvalue weighted by Gasteiger charge is -2.29. The van der Waals surface area contributed by atoms with Crippen molar-refractivity contribution in [3.8, 4) is 5.75 Å². The number of ether oxygens (including phenoxy) is 1. The average molecular weight is 419 g/mol. The van der Waals surface area contributed by atoms with Crippen molar-refractivity contribution < 1.29 is 19.1 Å². The number of nitrogens with one attached hydrogen (secondary N) is 2. The molecule has 0 spiro atoms. The Labute approximate surface area is 178 Å². The fourth-order valence-electron chi connectivity index (χ4n) is 3.48. The van der Waals surface area contributed by atoms with Gasteiger partial charge in [0, 0.05) is 38.3 Å². The zero-order valence-electron chi connectivity index (χ0n) is 18.4. The van der Waals surface area contributed by atoms with Gasteiger partial charge in [-0.2, -0.15) is 0 Å². The first-order valence-electron chi connectivity index (χ1n) is 10.6. The molecular weight excluding hydrogens is 384 g/mol. The molecule has 0 aliphatic carbocycles. The van der Waals surface area contributed by atoms with Crippen LogP contribution in [0.2, 0.25) is 0 Å². The van der Waals surface area contributed by atoms with E-state index in [1.807, 2.05) is 20.8 Å². The molecule has 1 atom stereocenters. The second-order valence-corrected chi connectivity index (χ2v) is 7.83. The minimum atomic E-state index is -0.602. The molecule has 30 heavy (non-hydrogen) atoms. The summed E-state index contributed by atoms with van der Waals surface area (Å²) in [5.74, 6) is 0.271. The minimum absolute atomic E-state index is 0.00379. The summed E-state index contributed by atoms with van der Waals surface area (Å²) in [4.78, 5) is 41.6. The zero-order valence-corrected chi connectivity index (χ0v) is 18.4. The van der Waals surface area contributed by atoms with Crippen LogP contribution in [0.3, 0.4) is 0 Å². The minimum Gasteiger partial charge on any atom is -0.497 e. The summed E-state index contributed by atoms with van der Waals surface area (Å²) in [7, 11) is 1.57. The third kappa shape index (κ3) is 6.73. The number of hydrogen-bond donors (Lipinski definition) is 2. The van der Waals surface area contributed by atoms with Crippen LogP contribution in [0.25, 0.3) is 0 Å². The molecule has 0 saturated carbocycles. The van der Waals surface area contributed by atoms with Crippen molar-refractivity contribution in [1.29, 1.82) is 0 Å². The molecule has 1 saturated heterocycles. The van der Waals surface area contributed by atoms with Crippen molar-refractivity contribution in [3.05, 3.63) is 29.8 Å². The van der Waals surface area contributed by atoms with E-state index in [1.54, 1.807) is 36.3 Å². The van der Waals surface area contributed by atoms with E-state index in [4.69, 9.17) is 4.74 Å². The van der Waals surface area contributed by atoms with Gasteiger partial charge in [0.15, 0.2) is 0 Å². The first-order chi connectivity index (χ1) is 14.3. The van der Waals surface area contributed by atoms with Crippen molar-refractivity contribution in [2.75, 3.05) is 46.4 Å². The SMILES string of the molecule is CCNC(=O)CN1CCCN(C(=O)C(NC(=O)c2ccc(OC)cc2)C(C)C)CC1. The highest BCUT2D eigenvalue weighted by molar-refractivity contribution is 5.97. The lowest BCUT2D eigenvalue weighted by atomic mass is 10.0. The Hall–Kier alpha value is -2.61. The molecule has 1 unspecified atom stereocenters. The van der Waals surface area contributed by atoms with Crippen molar-refractivity contribution in [3.63, 3.8) is 0 Å². The van der Waals surface area contributed by atoms with Gasteiger partial charge < -0.3 is 20.3 Å². The highest BCUT2D eigenvalue weighted by Gasteiger charge is 2.30. The van der Waals surface area contributed by atoms with Crippen LogP contribution in [-0.4, -0.2) is 79.9 Å². The highest BCUT2D eigenvalue weighted by Crippen LogP contribution is 2.14. The van der Waals surface area contributed by atoms with Crippen LogP contribution in [0.5, 0.6) is 5.75 Å². The number of rotatable bonds is 8. The summed E-state index contributed by atoms with van der Waals surface area (Å²) >= 11 is 0. The maximum atomic E-state index is 13.2. The Balaban J connectivity index is 1.98. The van der Waals surface area contributed by atoms with Gasteiger partial charge in [0.2, 0.25) is 11.8 Å². The highest BCUT2D eigenvalue weighted by atomic mass is 16.5. The van der Waals surface area contributed by atoms with Gasteiger partial charge in [0.25, 0.3) is 5.91 Å². The van der Waals surface area contributed by atoms with Gasteiger partial charge in [-0.25, -0.2) is 0 Å². The molecule has 1 aliphatic rings. The van der Waals surface area contributed by atoms with E-state index >= 15 is 0 Å². The molecule has 3 amide bonds. The number of likely N-dealkylation sites (N-methyl/N-ethyl adjacent to an activating group) is 1. The lowest BCUT2D eigenvalue weighted by molar-refractivity contribution is -0.134. The Morgan fingerprint density at radius 3 is 2.37 bits per heavy atom. The molecule has 1 aliphatic heterocycles. The van der Waals surface area contributed by atoms with E-state index in [0.29, 0.717) is 44.0 Å². The Morgan fingerprint density at radius 1 is 1.07 bits per heavy atom. The number of nitrogens with zero attached hydrogens (tertiary/aromatic N) is 2. The van der Waals surface area contributed by atoms with Crippen molar-refractivity contribution >= 4 is 17.7 Å². The topological polar surface area (TPSA) is 91.0 Å². The Kier molecular flexibility index (Phi) is 9.11. The number of carbonyl (C=O) groups excluding carboxylic acids is 3. The van der Waals surface area contributed by atoms with Gasteiger partial charge in [0.1, 0.15) is 11.8 Å². The molecule has 2 N–H and O–H groups in total. The summed E-state index contributed by atoms with van der Waals surface area (Å²) in [6.07, 6.45) is 0.794. The average Bonchev–Trinajstić information content (AvgIpc) is 2.97. The quantitative estimate of drug-likeness (QED) is 0.660. The van der Waals surface area contributed by atoms with E-state index in [-0.39, 0.29) is 23.6 Å². The maximum Gasteiger partial charge on any atom is 0.251 e. The second-order valence-electron chi connectivity index (χ2n) is 7.83. The van der Waals surface area contributed by atoms with Crippen molar-refractivity contribution in [2.24, 2.45) is 5.92 Å². The van der Waals surface area contributed by atoms with Crippen LogP contribution in [0, 0.1) is 5.92 Å². The molecule has 8 heteroatoms. The van der Waals surface area contributed by atoms with E-state index < -0.39 is 6.04 Å². The van der Waals surface area contributed by atoms with Crippen LogP contribution in [0.4, 0.5) is 0 Å². The summed E-state index contributed by atoms with van der Waals surface area (Å²) in [6, 6.07) is 6.20. The summed E-state index contributed by atoms with van der Waals surface area (Å²) in [5.41, 5.74) is 0.484. The van der Waals surface area contributed by atoms with Crippen LogP contribution in [0.1, 0.15) is 37.6 Å². The number of carbonyl (C=O) groups is 3. The van der Waals surface area contributed by atoms with Gasteiger partial charge >= 0.3 is 0 Å². The molecule has 0 aromatic heterocycles. The second kappa shape index (κ2) is 11.5. The first-order valence-corrected chi connectivity index (χ1v) is 10.6. The molecule has 0 radical (unpaired) electrons. The third-order valence-electron chi connectivity index (χ3n) is 5.21. The van der Waals surface area contributed by atoms with Gasteiger partial charge in [-0.3, -0.25) is 19.3 Å². The molecule has 8 nitrogen and oxygen atoms in total. The molecule has 1 fully saturated rings. The van der Waals surface area contributed by atoms with Crippen molar-refractivity contribution in [2.45, 2.75) is 33.2 Å². The largest absolute Gasteiger partial charge is 0.497 e. The molecule has 166 valence electrons. The number of benzene rings is 1. The summed E-state index contributed by atoms with van der Waals surface area (Å²) in [5, 5.41) is 5.71. The Bertz CT molecular complexity index is 720. The normalized spacial score (nSPS) is 16.0. The van der Waals surface area contributed by atoms with E-state index in [2.05, 4.69) is 15.5 Å². The third-order valence-corrected chi connectivity index (χ3v) is 5.21. The lowest BCUT2D eigenvalue weighted by Crippen LogP contribution is -2.52. The molecule has 2 rings (SSSR count). The Morgan fingerprint density at radius 2 is 1.77 bits per heavy atom. The monoisotopic (exact) mass is 418 g/mol. The fraction of sp³-hybridized carbons (Fsp3) is 0.591. The van der Waals surface area contributed by atoms with Crippen LogP contribution in [-0.2, 0) is 9.59 Å². The number of amides is 3.